The number of hydrogen-bond acceptors (Lipinski definition) is 6. The Morgan fingerprint density at radius 2 is 1.97 bits per heavy atom. The number of pyridine rings is 1. The van der Waals surface area contributed by atoms with E-state index in [0.29, 0.717) is 23.1 Å². The van der Waals surface area contributed by atoms with E-state index < -0.39 is 0 Å². The van der Waals surface area contributed by atoms with Gasteiger partial charge in [-0.25, -0.2) is 4.98 Å². The summed E-state index contributed by atoms with van der Waals surface area (Å²) in [5.74, 6) is 0.767. The second-order valence-electron chi connectivity index (χ2n) is 7.57. The molecule has 4 aromatic rings. The van der Waals surface area contributed by atoms with Crippen molar-refractivity contribution in [3.05, 3.63) is 59.9 Å². The first-order valence-electron chi connectivity index (χ1n) is 10.0. The second kappa shape index (κ2) is 7.29. The number of nitrogens with one attached hydrogen (secondary N) is 1. The maximum Gasteiger partial charge on any atom is 0.274 e. The van der Waals surface area contributed by atoms with Crippen molar-refractivity contribution in [3.8, 4) is 11.4 Å². The highest BCUT2D eigenvalue weighted by molar-refractivity contribution is 6.04. The molecule has 152 valence electrons. The Morgan fingerprint density at radius 1 is 1.13 bits per heavy atom. The fourth-order valence-corrected chi connectivity index (χ4v) is 3.81. The number of benzene rings is 1. The molecule has 0 radical (unpaired) electrons. The lowest BCUT2D eigenvalue weighted by atomic mass is 10.1. The summed E-state index contributed by atoms with van der Waals surface area (Å²) < 4.78 is 6.88. The summed E-state index contributed by atoms with van der Waals surface area (Å²) in [5, 5.41) is 6.95. The van der Waals surface area contributed by atoms with Crippen molar-refractivity contribution in [1.29, 1.82) is 0 Å². The molecule has 1 N–H and O–H groups in total. The first kappa shape index (κ1) is 18.4. The van der Waals surface area contributed by atoms with E-state index in [1.54, 1.807) is 13.1 Å². The fourth-order valence-electron chi connectivity index (χ4n) is 3.81. The molecule has 5 rings (SSSR count). The van der Waals surface area contributed by atoms with Gasteiger partial charge in [0.15, 0.2) is 0 Å². The molecule has 4 heterocycles. The van der Waals surface area contributed by atoms with Gasteiger partial charge in [-0.1, -0.05) is 17.3 Å². The highest BCUT2D eigenvalue weighted by atomic mass is 16.5. The number of amides is 1. The standard InChI is InChI=1S/C22H22N6O2/c1-14-5-6-16(21-24-15(2)30-26-21)11-18(14)25-22(29)19-13-23-20-12-17(7-10-28(19)20)27-8-3-4-9-27/h5-7,10-13H,3-4,8-9H2,1-2H3,(H,25,29). The number of nitrogens with zero attached hydrogens (tertiary/aromatic N) is 5. The number of imidazole rings is 1. The van der Waals surface area contributed by atoms with E-state index in [1.807, 2.05) is 47.9 Å². The van der Waals surface area contributed by atoms with Crippen LogP contribution in [0.5, 0.6) is 0 Å². The minimum Gasteiger partial charge on any atom is -0.371 e. The van der Waals surface area contributed by atoms with Crippen LogP contribution in [0.15, 0.2) is 47.2 Å². The summed E-state index contributed by atoms with van der Waals surface area (Å²) in [5.41, 5.74) is 4.81. The average molecular weight is 402 g/mol. The van der Waals surface area contributed by atoms with Crippen LogP contribution in [-0.2, 0) is 0 Å². The first-order chi connectivity index (χ1) is 14.6. The summed E-state index contributed by atoms with van der Waals surface area (Å²) in [4.78, 5) is 24.1. The second-order valence-corrected chi connectivity index (χ2v) is 7.57. The van der Waals surface area contributed by atoms with Gasteiger partial charge in [-0.05, 0) is 37.5 Å². The lowest BCUT2D eigenvalue weighted by Crippen LogP contribution is -2.18. The van der Waals surface area contributed by atoms with Gasteiger partial charge in [0, 0.05) is 49.2 Å². The van der Waals surface area contributed by atoms with Crippen molar-refractivity contribution < 1.29 is 9.32 Å². The number of carbonyl (C=O) groups is 1. The number of carbonyl (C=O) groups excluding carboxylic acids is 1. The number of hydrogen-bond donors (Lipinski definition) is 1. The zero-order chi connectivity index (χ0) is 20.7. The van der Waals surface area contributed by atoms with Crippen molar-refractivity contribution in [3.63, 3.8) is 0 Å². The Labute approximate surface area is 173 Å². The molecular formula is C22H22N6O2. The minimum atomic E-state index is -0.221. The maximum atomic E-state index is 13.0. The van der Waals surface area contributed by atoms with Crippen molar-refractivity contribution >= 4 is 22.9 Å². The van der Waals surface area contributed by atoms with Crippen LogP contribution >= 0.6 is 0 Å². The van der Waals surface area contributed by atoms with E-state index in [-0.39, 0.29) is 5.91 Å². The van der Waals surface area contributed by atoms with Gasteiger partial charge in [0.2, 0.25) is 11.7 Å². The van der Waals surface area contributed by atoms with Gasteiger partial charge in [0.1, 0.15) is 11.3 Å². The van der Waals surface area contributed by atoms with Gasteiger partial charge in [-0.3, -0.25) is 9.20 Å². The first-order valence-corrected chi connectivity index (χ1v) is 10.0. The predicted molar refractivity (Wildman–Crippen MR) is 114 cm³/mol. The number of fused-ring (bicyclic) bond motifs is 1. The SMILES string of the molecule is Cc1nc(-c2ccc(C)c(NC(=O)c3cnc4cc(N5CCCC5)ccn34)c2)no1. The quantitative estimate of drug-likeness (QED) is 0.558. The third-order valence-electron chi connectivity index (χ3n) is 5.47. The zero-order valence-corrected chi connectivity index (χ0v) is 16.9. The molecule has 0 spiro atoms. The van der Waals surface area contributed by atoms with Crippen molar-refractivity contribution in [1.82, 2.24) is 19.5 Å². The van der Waals surface area contributed by atoms with Crippen LogP contribution in [0.1, 0.15) is 34.8 Å². The van der Waals surface area contributed by atoms with Gasteiger partial charge >= 0.3 is 0 Å². The van der Waals surface area contributed by atoms with Gasteiger partial charge in [0.05, 0.1) is 6.20 Å². The number of rotatable bonds is 4. The summed E-state index contributed by atoms with van der Waals surface area (Å²) in [7, 11) is 0. The van der Waals surface area contributed by atoms with E-state index in [2.05, 4.69) is 25.3 Å². The lowest BCUT2D eigenvalue weighted by Gasteiger charge is -2.17. The van der Waals surface area contributed by atoms with Crippen LogP contribution in [-0.4, -0.2) is 38.5 Å². The van der Waals surface area contributed by atoms with Gasteiger partial charge in [-0.2, -0.15) is 4.98 Å². The molecule has 30 heavy (non-hydrogen) atoms. The molecule has 3 aromatic heterocycles. The van der Waals surface area contributed by atoms with E-state index in [9.17, 15) is 4.79 Å². The Morgan fingerprint density at radius 3 is 2.73 bits per heavy atom. The molecule has 0 atom stereocenters. The molecule has 1 aromatic carbocycles. The molecule has 8 heteroatoms. The van der Waals surface area contributed by atoms with Gasteiger partial charge in [0.25, 0.3) is 5.91 Å². The highest BCUT2D eigenvalue weighted by Crippen LogP contribution is 2.25. The highest BCUT2D eigenvalue weighted by Gasteiger charge is 2.17. The molecule has 0 bridgehead atoms. The number of anilines is 2. The molecule has 1 fully saturated rings. The number of aryl methyl sites for hydroxylation is 2. The van der Waals surface area contributed by atoms with E-state index in [1.165, 1.54) is 12.8 Å². The molecule has 1 amide bonds. The topological polar surface area (TPSA) is 88.6 Å². The molecule has 1 saturated heterocycles. The summed E-state index contributed by atoms with van der Waals surface area (Å²) >= 11 is 0. The smallest absolute Gasteiger partial charge is 0.274 e. The Kier molecular flexibility index (Phi) is 4.46. The van der Waals surface area contributed by atoms with Crippen LogP contribution in [0.3, 0.4) is 0 Å². The number of aromatic nitrogens is 4. The molecule has 0 saturated carbocycles. The largest absolute Gasteiger partial charge is 0.371 e. The Balaban J connectivity index is 1.42. The molecular weight excluding hydrogens is 380 g/mol. The molecule has 0 aliphatic carbocycles. The third-order valence-corrected chi connectivity index (χ3v) is 5.47. The molecule has 1 aliphatic heterocycles. The van der Waals surface area contributed by atoms with E-state index in [4.69, 9.17) is 4.52 Å². The van der Waals surface area contributed by atoms with Gasteiger partial charge in [-0.15, -0.1) is 0 Å². The van der Waals surface area contributed by atoms with Crippen LogP contribution in [0.2, 0.25) is 0 Å². The fraction of sp³-hybridized carbons (Fsp3) is 0.273. The van der Waals surface area contributed by atoms with E-state index >= 15 is 0 Å². The van der Waals surface area contributed by atoms with Crippen LogP contribution in [0.25, 0.3) is 17.0 Å². The normalized spacial score (nSPS) is 13.9. The summed E-state index contributed by atoms with van der Waals surface area (Å²) in [6, 6.07) is 9.76. The Bertz CT molecular complexity index is 1240. The maximum absolute atomic E-state index is 13.0. The summed E-state index contributed by atoms with van der Waals surface area (Å²) in [6.45, 7) is 5.82. The predicted octanol–water partition coefficient (Wildman–Crippen LogP) is 3.85. The van der Waals surface area contributed by atoms with Gasteiger partial charge < -0.3 is 14.7 Å². The lowest BCUT2D eigenvalue weighted by molar-refractivity contribution is 0.102. The summed E-state index contributed by atoms with van der Waals surface area (Å²) in [6.07, 6.45) is 5.96. The van der Waals surface area contributed by atoms with E-state index in [0.717, 1.165) is 35.6 Å². The van der Waals surface area contributed by atoms with Crippen molar-refractivity contribution in [2.24, 2.45) is 0 Å². The molecule has 0 unspecified atom stereocenters. The van der Waals surface area contributed by atoms with Crippen molar-refractivity contribution in [2.45, 2.75) is 26.7 Å². The molecule has 1 aliphatic rings. The average Bonchev–Trinajstić information content (AvgIpc) is 3.49. The monoisotopic (exact) mass is 402 g/mol. The minimum absolute atomic E-state index is 0.221. The molecule has 8 nitrogen and oxygen atoms in total. The third kappa shape index (κ3) is 3.30. The zero-order valence-electron chi connectivity index (χ0n) is 16.9. The Hall–Kier alpha value is -3.68. The van der Waals surface area contributed by atoms with Crippen LogP contribution in [0.4, 0.5) is 11.4 Å². The van der Waals surface area contributed by atoms with Crippen LogP contribution in [0, 0.1) is 13.8 Å². The van der Waals surface area contributed by atoms with Crippen LogP contribution < -0.4 is 10.2 Å². The van der Waals surface area contributed by atoms with Crippen molar-refractivity contribution in [2.75, 3.05) is 23.3 Å².